The van der Waals surface area contributed by atoms with E-state index in [0.29, 0.717) is 6.42 Å². The Morgan fingerprint density at radius 1 is 0.679 bits per heavy atom. The van der Waals surface area contributed by atoms with Crippen LogP contribution in [0.15, 0.2) is 127 Å². The fourth-order valence-corrected chi connectivity index (χ4v) is 6.62. The van der Waals surface area contributed by atoms with E-state index in [-0.39, 0.29) is 26.0 Å². The van der Waals surface area contributed by atoms with Crippen molar-refractivity contribution in [1.82, 2.24) is 36.2 Å². The molecule has 0 aliphatic carbocycles. The summed E-state index contributed by atoms with van der Waals surface area (Å²) < 4.78 is 5.50. The van der Waals surface area contributed by atoms with Crippen LogP contribution in [0.4, 0.5) is 9.59 Å². The first-order valence-corrected chi connectivity index (χ1v) is 18.2. The van der Waals surface area contributed by atoms with Crippen LogP contribution in [-0.2, 0) is 45.0 Å². The molecule has 14 heteroatoms. The Labute approximate surface area is 321 Å². The zero-order chi connectivity index (χ0) is 38.9. The molecular weight excluding hydrogens is 713 g/mol. The number of urea groups is 1. The second kappa shape index (κ2) is 17.3. The predicted octanol–water partition coefficient (Wildman–Crippen LogP) is 4.48. The number of nitrogens with one attached hydrogen (secondary N) is 6. The van der Waals surface area contributed by atoms with Crippen molar-refractivity contribution in [3.63, 3.8) is 0 Å². The van der Waals surface area contributed by atoms with Gasteiger partial charge in [-0.15, -0.1) is 0 Å². The summed E-state index contributed by atoms with van der Waals surface area (Å²) in [6, 6.07) is 30.1. The third-order valence-electron chi connectivity index (χ3n) is 9.44. The van der Waals surface area contributed by atoms with Crippen molar-refractivity contribution in [1.29, 1.82) is 0 Å². The number of para-hydroxylation sites is 2. The standard InChI is InChI=1S/C42H40N8O6/c51-38-25-50(41(54)49-38)45-24-31(19-27-11-3-1-4-12-27)46-39(52)36(20-29-22-43-34-17-9-7-15-32(29)34)47-40(53)37(21-30-23-44-35-18-10-8-16-33(30)35)48-42(55)56-26-28-13-5-2-6-14-28/h1-18,22-24,31,36-37,43-44H,19-21,25-26H2,(H,46,52)(H,47,53)(H,48,55)(H,49,51,54)/t31-,36-,37-/m0/s1. The molecule has 3 heterocycles. The van der Waals surface area contributed by atoms with Gasteiger partial charge in [-0.25, -0.2) is 14.6 Å². The number of amides is 6. The molecule has 0 spiro atoms. The first-order valence-electron chi connectivity index (χ1n) is 18.2. The maximum absolute atomic E-state index is 14.4. The zero-order valence-corrected chi connectivity index (χ0v) is 30.2. The lowest BCUT2D eigenvalue weighted by atomic mass is 10.0. The Morgan fingerprint density at radius 3 is 1.80 bits per heavy atom. The molecule has 4 aromatic carbocycles. The number of ether oxygens (including phenoxy) is 1. The van der Waals surface area contributed by atoms with Gasteiger partial charge in [-0.3, -0.25) is 19.7 Å². The maximum atomic E-state index is 14.4. The van der Waals surface area contributed by atoms with Crippen LogP contribution in [0, 0.1) is 0 Å². The van der Waals surface area contributed by atoms with Crippen molar-refractivity contribution in [3.8, 4) is 0 Å². The Hall–Kier alpha value is -7.22. The normalized spacial score (nSPS) is 14.4. The second-order valence-corrected chi connectivity index (χ2v) is 13.4. The van der Waals surface area contributed by atoms with E-state index in [1.165, 1.54) is 6.21 Å². The maximum Gasteiger partial charge on any atom is 0.408 e. The minimum absolute atomic E-state index is 0.00268. The molecule has 0 radical (unpaired) electrons. The van der Waals surface area contributed by atoms with Crippen molar-refractivity contribution >= 4 is 57.9 Å². The van der Waals surface area contributed by atoms with Crippen LogP contribution in [0.3, 0.4) is 0 Å². The summed E-state index contributed by atoms with van der Waals surface area (Å²) in [6.07, 6.45) is 4.68. The Kier molecular flexibility index (Phi) is 11.5. The first kappa shape index (κ1) is 37.1. The fraction of sp³-hybridized carbons (Fsp3) is 0.190. The number of aromatic nitrogens is 2. The van der Waals surface area contributed by atoms with Gasteiger partial charge in [0.1, 0.15) is 25.2 Å². The highest BCUT2D eigenvalue weighted by Crippen LogP contribution is 2.21. The molecule has 1 aliphatic heterocycles. The third-order valence-corrected chi connectivity index (χ3v) is 9.44. The highest BCUT2D eigenvalue weighted by molar-refractivity contribution is 6.02. The number of rotatable bonds is 15. The van der Waals surface area contributed by atoms with E-state index in [1.807, 2.05) is 109 Å². The van der Waals surface area contributed by atoms with Crippen LogP contribution in [0.25, 0.3) is 21.8 Å². The second-order valence-electron chi connectivity index (χ2n) is 13.4. The van der Waals surface area contributed by atoms with Gasteiger partial charge in [-0.2, -0.15) is 5.10 Å². The van der Waals surface area contributed by atoms with Gasteiger partial charge in [0.2, 0.25) is 17.7 Å². The molecule has 6 amide bonds. The largest absolute Gasteiger partial charge is 0.445 e. The van der Waals surface area contributed by atoms with Crippen LogP contribution in [0.2, 0.25) is 0 Å². The number of hydrogen-bond donors (Lipinski definition) is 6. The molecule has 0 saturated carbocycles. The average molecular weight is 753 g/mol. The molecule has 284 valence electrons. The quantitative estimate of drug-likeness (QED) is 0.0663. The van der Waals surface area contributed by atoms with Crippen LogP contribution >= 0.6 is 0 Å². The van der Waals surface area contributed by atoms with Gasteiger partial charge in [0, 0.05) is 53.3 Å². The van der Waals surface area contributed by atoms with Gasteiger partial charge < -0.3 is 30.7 Å². The molecule has 1 aliphatic rings. The van der Waals surface area contributed by atoms with Crippen LogP contribution in [-0.4, -0.2) is 75.7 Å². The molecule has 1 fully saturated rings. The van der Waals surface area contributed by atoms with Crippen molar-refractivity contribution in [2.75, 3.05) is 6.54 Å². The van der Waals surface area contributed by atoms with Gasteiger partial charge >= 0.3 is 12.1 Å². The highest BCUT2D eigenvalue weighted by atomic mass is 16.5. The number of benzene rings is 4. The van der Waals surface area contributed by atoms with E-state index < -0.39 is 48.0 Å². The number of aromatic amines is 2. The Morgan fingerprint density at radius 2 is 1.21 bits per heavy atom. The number of alkyl carbamates (subject to hydrolysis) is 1. The molecule has 0 unspecified atom stereocenters. The molecular formula is C42H40N8O6. The SMILES string of the molecule is O=C1CN(N=C[C@H](Cc2ccccc2)NC(=O)[C@H](Cc2c[nH]c3ccccc23)NC(=O)[C@H](Cc2c[nH]c3ccccc23)NC(=O)OCc2ccccc2)C(=O)N1. The zero-order valence-electron chi connectivity index (χ0n) is 30.2. The van der Waals surface area contributed by atoms with E-state index in [0.717, 1.165) is 49.1 Å². The molecule has 3 atom stereocenters. The number of fused-ring (bicyclic) bond motifs is 2. The van der Waals surface area contributed by atoms with E-state index in [4.69, 9.17) is 4.74 Å². The average Bonchev–Trinajstić information content (AvgIpc) is 3.92. The molecule has 0 bridgehead atoms. The summed E-state index contributed by atoms with van der Waals surface area (Å²) in [4.78, 5) is 72.5. The number of carbonyl (C=O) groups excluding carboxylic acids is 5. The monoisotopic (exact) mass is 752 g/mol. The summed E-state index contributed by atoms with van der Waals surface area (Å²) in [7, 11) is 0. The Balaban J connectivity index is 1.16. The molecule has 7 rings (SSSR count). The number of imide groups is 1. The lowest BCUT2D eigenvalue weighted by Gasteiger charge is -2.25. The molecule has 6 N–H and O–H groups in total. The first-order chi connectivity index (χ1) is 27.3. The van der Waals surface area contributed by atoms with Gasteiger partial charge in [-0.05, 0) is 40.8 Å². The summed E-state index contributed by atoms with van der Waals surface area (Å²) in [5.74, 6) is -1.63. The van der Waals surface area contributed by atoms with Crippen molar-refractivity contribution in [2.24, 2.45) is 5.10 Å². The smallest absolute Gasteiger partial charge is 0.408 e. The fourth-order valence-electron chi connectivity index (χ4n) is 6.62. The minimum Gasteiger partial charge on any atom is -0.445 e. The number of hydrogen-bond acceptors (Lipinski definition) is 7. The summed E-state index contributed by atoms with van der Waals surface area (Å²) >= 11 is 0. The molecule has 6 aromatic rings. The van der Waals surface area contributed by atoms with E-state index in [2.05, 4.69) is 36.3 Å². The van der Waals surface area contributed by atoms with Gasteiger partial charge in [-0.1, -0.05) is 97.1 Å². The lowest BCUT2D eigenvalue weighted by molar-refractivity contribution is -0.130. The minimum atomic E-state index is -1.14. The van der Waals surface area contributed by atoms with Gasteiger partial charge in [0.15, 0.2) is 0 Å². The van der Waals surface area contributed by atoms with E-state index in [1.54, 1.807) is 12.4 Å². The predicted molar refractivity (Wildman–Crippen MR) is 210 cm³/mol. The van der Waals surface area contributed by atoms with Crippen LogP contribution < -0.4 is 21.3 Å². The number of carbonyl (C=O) groups is 5. The highest BCUT2D eigenvalue weighted by Gasteiger charge is 2.31. The molecule has 1 saturated heterocycles. The van der Waals surface area contributed by atoms with Crippen LogP contribution in [0.5, 0.6) is 0 Å². The number of H-pyrrole nitrogens is 2. The van der Waals surface area contributed by atoms with Crippen molar-refractivity contribution in [3.05, 3.63) is 144 Å². The van der Waals surface area contributed by atoms with Crippen LogP contribution in [0.1, 0.15) is 22.3 Å². The molecule has 2 aromatic heterocycles. The molecule has 56 heavy (non-hydrogen) atoms. The summed E-state index contributed by atoms with van der Waals surface area (Å²) in [5, 5.41) is 17.8. The summed E-state index contributed by atoms with van der Waals surface area (Å²) in [5.41, 5.74) is 4.95. The third kappa shape index (κ3) is 9.28. The van der Waals surface area contributed by atoms with Crippen molar-refractivity contribution in [2.45, 2.75) is 44.0 Å². The number of hydrazone groups is 1. The topological polar surface area (TPSA) is 190 Å². The van der Waals surface area contributed by atoms with Gasteiger partial charge in [0.25, 0.3) is 0 Å². The van der Waals surface area contributed by atoms with Gasteiger partial charge in [0.05, 0.1) is 6.04 Å². The molecule has 14 nitrogen and oxygen atoms in total. The number of nitrogens with zero attached hydrogens (tertiary/aromatic N) is 2. The van der Waals surface area contributed by atoms with E-state index in [9.17, 15) is 24.0 Å². The Bertz CT molecular complexity index is 2370. The lowest BCUT2D eigenvalue weighted by Crippen LogP contribution is -2.56. The van der Waals surface area contributed by atoms with E-state index >= 15 is 0 Å². The summed E-state index contributed by atoms with van der Waals surface area (Å²) in [6.45, 7) is -0.253. The van der Waals surface area contributed by atoms with Crippen molar-refractivity contribution < 1.29 is 28.7 Å².